The molecule has 1 aromatic rings. The first-order chi connectivity index (χ1) is 8.54. The van der Waals surface area contributed by atoms with Crippen molar-refractivity contribution in [1.82, 2.24) is 5.32 Å². The number of nitrogens with two attached hydrogens (primary N) is 1. The molecule has 2 atom stereocenters. The fraction of sp³-hybridized carbons (Fsp3) is 0.500. The molecule has 0 saturated heterocycles. The first-order valence-electron chi connectivity index (χ1n) is 6.16. The van der Waals surface area contributed by atoms with Gasteiger partial charge in [0.1, 0.15) is 6.04 Å². The zero-order chi connectivity index (χ0) is 13.5. The molecule has 0 radical (unpaired) electrons. The summed E-state index contributed by atoms with van der Waals surface area (Å²) in [6, 6.07) is 7.35. The van der Waals surface area contributed by atoms with Gasteiger partial charge in [-0.3, -0.25) is 4.79 Å². The van der Waals surface area contributed by atoms with E-state index in [9.17, 15) is 4.79 Å². The van der Waals surface area contributed by atoms with Gasteiger partial charge in [-0.2, -0.15) is 11.8 Å². The van der Waals surface area contributed by atoms with Gasteiger partial charge in [0.25, 0.3) is 0 Å². The Morgan fingerprint density at radius 1 is 1.39 bits per heavy atom. The summed E-state index contributed by atoms with van der Waals surface area (Å²) < 4.78 is 0. The molecule has 0 aliphatic rings. The summed E-state index contributed by atoms with van der Waals surface area (Å²) in [5, 5.41) is 2.95. The van der Waals surface area contributed by atoms with Gasteiger partial charge in [-0.25, -0.2) is 0 Å². The van der Waals surface area contributed by atoms with Gasteiger partial charge < -0.3 is 11.1 Å². The molecule has 2 unspecified atom stereocenters. The van der Waals surface area contributed by atoms with Crippen LogP contribution >= 0.6 is 11.8 Å². The molecule has 0 fully saturated rings. The van der Waals surface area contributed by atoms with E-state index in [1.54, 1.807) is 11.8 Å². The van der Waals surface area contributed by atoms with Crippen LogP contribution in [-0.4, -0.2) is 24.0 Å². The second kappa shape index (κ2) is 7.44. The van der Waals surface area contributed by atoms with Gasteiger partial charge in [-0.05, 0) is 37.8 Å². The van der Waals surface area contributed by atoms with E-state index >= 15 is 0 Å². The molecular weight excluding hydrogens is 244 g/mol. The van der Waals surface area contributed by atoms with Crippen LogP contribution in [0.5, 0.6) is 0 Å². The number of benzene rings is 1. The summed E-state index contributed by atoms with van der Waals surface area (Å²) in [7, 11) is 0. The summed E-state index contributed by atoms with van der Waals surface area (Å²) >= 11 is 1.78. The molecule has 18 heavy (non-hydrogen) atoms. The Hall–Kier alpha value is -1.00. The Morgan fingerprint density at radius 3 is 2.56 bits per heavy atom. The average Bonchev–Trinajstić information content (AvgIpc) is 2.36. The minimum Gasteiger partial charge on any atom is -0.352 e. The molecule has 1 amide bonds. The third-order valence-corrected chi connectivity index (χ3v) is 3.51. The van der Waals surface area contributed by atoms with Crippen molar-refractivity contribution in [3.05, 3.63) is 35.4 Å². The number of rotatable bonds is 6. The van der Waals surface area contributed by atoms with E-state index in [0.717, 1.165) is 17.7 Å². The monoisotopic (exact) mass is 266 g/mol. The van der Waals surface area contributed by atoms with Crippen molar-refractivity contribution in [3.63, 3.8) is 0 Å². The molecule has 1 rings (SSSR count). The lowest BCUT2D eigenvalue weighted by atomic mass is 10.0. The predicted octanol–water partition coefficient (Wildman–Crippen LogP) is 2.25. The maximum absolute atomic E-state index is 12.0. The van der Waals surface area contributed by atoms with Gasteiger partial charge in [0, 0.05) is 6.04 Å². The van der Waals surface area contributed by atoms with E-state index in [4.69, 9.17) is 5.73 Å². The highest BCUT2D eigenvalue weighted by atomic mass is 32.2. The molecule has 100 valence electrons. The topological polar surface area (TPSA) is 55.1 Å². The normalized spacial score (nSPS) is 14.0. The molecule has 0 spiro atoms. The molecule has 3 N–H and O–H groups in total. The maximum atomic E-state index is 12.0. The second-order valence-corrected chi connectivity index (χ2v) is 5.57. The SMILES string of the molecule is CSCCC(C)NC(=O)C(N)c1ccc(C)cc1. The van der Waals surface area contributed by atoms with E-state index in [0.29, 0.717) is 0 Å². The number of hydrogen-bond donors (Lipinski definition) is 2. The Kier molecular flexibility index (Phi) is 6.22. The van der Waals surface area contributed by atoms with Crippen molar-refractivity contribution in [3.8, 4) is 0 Å². The number of hydrogen-bond acceptors (Lipinski definition) is 3. The molecule has 0 aromatic heterocycles. The van der Waals surface area contributed by atoms with Crippen LogP contribution in [0.3, 0.4) is 0 Å². The van der Waals surface area contributed by atoms with Crippen molar-refractivity contribution in [2.75, 3.05) is 12.0 Å². The van der Waals surface area contributed by atoms with Gasteiger partial charge in [0.15, 0.2) is 0 Å². The fourth-order valence-corrected chi connectivity index (χ4v) is 2.21. The van der Waals surface area contributed by atoms with Crippen LogP contribution in [0.2, 0.25) is 0 Å². The van der Waals surface area contributed by atoms with Crippen molar-refractivity contribution in [1.29, 1.82) is 0 Å². The van der Waals surface area contributed by atoms with E-state index in [1.165, 1.54) is 5.56 Å². The van der Waals surface area contributed by atoms with Crippen molar-refractivity contribution >= 4 is 17.7 Å². The molecule has 0 saturated carbocycles. The molecule has 4 heteroatoms. The summed E-state index contributed by atoms with van der Waals surface area (Å²) in [4.78, 5) is 12.0. The fourth-order valence-electron chi connectivity index (χ4n) is 1.62. The largest absolute Gasteiger partial charge is 0.352 e. The third kappa shape index (κ3) is 4.70. The van der Waals surface area contributed by atoms with E-state index in [-0.39, 0.29) is 11.9 Å². The Balaban J connectivity index is 2.53. The van der Waals surface area contributed by atoms with E-state index in [2.05, 4.69) is 11.6 Å². The van der Waals surface area contributed by atoms with Gasteiger partial charge in [0.2, 0.25) is 5.91 Å². The molecule has 0 heterocycles. The highest BCUT2D eigenvalue weighted by molar-refractivity contribution is 7.98. The Bertz CT molecular complexity index is 378. The summed E-state index contributed by atoms with van der Waals surface area (Å²) in [5.74, 6) is 0.939. The predicted molar refractivity (Wildman–Crippen MR) is 78.7 cm³/mol. The number of carbonyl (C=O) groups is 1. The zero-order valence-electron chi connectivity index (χ0n) is 11.3. The standard InChI is InChI=1S/C14H22N2OS/c1-10-4-6-12(7-5-10)13(15)14(17)16-11(2)8-9-18-3/h4-7,11,13H,8-9,15H2,1-3H3,(H,16,17). The van der Waals surface area contributed by atoms with Crippen LogP contribution < -0.4 is 11.1 Å². The molecule has 1 aromatic carbocycles. The lowest BCUT2D eigenvalue weighted by Gasteiger charge is -2.17. The van der Waals surface area contributed by atoms with Crippen LogP contribution in [0.15, 0.2) is 24.3 Å². The van der Waals surface area contributed by atoms with Crippen molar-refractivity contribution < 1.29 is 4.79 Å². The van der Waals surface area contributed by atoms with Crippen LogP contribution in [0.1, 0.15) is 30.5 Å². The quantitative estimate of drug-likeness (QED) is 0.830. The minimum absolute atomic E-state index is 0.104. The Morgan fingerprint density at radius 2 is 2.00 bits per heavy atom. The minimum atomic E-state index is -0.581. The van der Waals surface area contributed by atoms with E-state index in [1.807, 2.05) is 38.1 Å². The van der Waals surface area contributed by atoms with Gasteiger partial charge in [0.05, 0.1) is 0 Å². The molecule has 3 nitrogen and oxygen atoms in total. The first kappa shape index (κ1) is 15.1. The van der Waals surface area contributed by atoms with Gasteiger partial charge in [-0.15, -0.1) is 0 Å². The number of thioether (sulfide) groups is 1. The van der Waals surface area contributed by atoms with Crippen molar-refractivity contribution in [2.45, 2.75) is 32.4 Å². The molecule has 0 aliphatic heterocycles. The highest BCUT2D eigenvalue weighted by Gasteiger charge is 2.17. The highest BCUT2D eigenvalue weighted by Crippen LogP contribution is 2.12. The maximum Gasteiger partial charge on any atom is 0.241 e. The lowest BCUT2D eigenvalue weighted by molar-refractivity contribution is -0.123. The van der Waals surface area contributed by atoms with Crippen LogP contribution in [0.25, 0.3) is 0 Å². The number of nitrogens with one attached hydrogen (secondary N) is 1. The smallest absolute Gasteiger partial charge is 0.241 e. The summed E-state index contributed by atoms with van der Waals surface area (Å²) in [6.45, 7) is 4.02. The van der Waals surface area contributed by atoms with Crippen molar-refractivity contribution in [2.24, 2.45) is 5.73 Å². The van der Waals surface area contributed by atoms with Crippen LogP contribution in [0.4, 0.5) is 0 Å². The first-order valence-corrected chi connectivity index (χ1v) is 7.55. The molecular formula is C14H22N2OS. The number of carbonyl (C=O) groups excluding carboxylic acids is 1. The summed E-state index contributed by atoms with van der Waals surface area (Å²) in [6.07, 6.45) is 3.03. The second-order valence-electron chi connectivity index (χ2n) is 4.58. The van der Waals surface area contributed by atoms with E-state index < -0.39 is 6.04 Å². The summed E-state index contributed by atoms with van der Waals surface area (Å²) in [5.41, 5.74) is 7.97. The van der Waals surface area contributed by atoms with Crippen LogP contribution in [-0.2, 0) is 4.79 Å². The van der Waals surface area contributed by atoms with Crippen LogP contribution in [0, 0.1) is 6.92 Å². The zero-order valence-corrected chi connectivity index (χ0v) is 12.1. The molecule has 0 aliphatic carbocycles. The molecule has 0 bridgehead atoms. The lowest BCUT2D eigenvalue weighted by Crippen LogP contribution is -2.39. The third-order valence-electron chi connectivity index (χ3n) is 2.86. The van der Waals surface area contributed by atoms with Gasteiger partial charge >= 0.3 is 0 Å². The number of aryl methyl sites for hydroxylation is 1. The average molecular weight is 266 g/mol. The van der Waals surface area contributed by atoms with Gasteiger partial charge in [-0.1, -0.05) is 29.8 Å². The Labute approximate surface area is 114 Å². The number of amides is 1.